The third-order valence-electron chi connectivity index (χ3n) is 4.20. The summed E-state index contributed by atoms with van der Waals surface area (Å²) < 4.78 is 1.19. The molecule has 0 spiro atoms. The molecule has 0 aliphatic carbocycles. The number of hydrogen-bond donors (Lipinski definition) is 1. The van der Waals surface area contributed by atoms with Crippen molar-refractivity contribution < 1.29 is 0 Å². The highest BCUT2D eigenvalue weighted by Crippen LogP contribution is 2.33. The van der Waals surface area contributed by atoms with Crippen LogP contribution in [0.2, 0.25) is 5.02 Å². The largest absolute Gasteiger partial charge is 0.364 e. The summed E-state index contributed by atoms with van der Waals surface area (Å²) in [5.41, 5.74) is 1.35. The number of benzene rings is 1. The average molecular weight is 393 g/mol. The van der Waals surface area contributed by atoms with E-state index in [1.54, 1.807) is 0 Å². The first-order valence-electron chi connectivity index (χ1n) is 6.96. The maximum Gasteiger partial charge on any atom is 0.0650 e. The van der Waals surface area contributed by atoms with Crippen LogP contribution in [0.15, 0.2) is 18.2 Å². The van der Waals surface area contributed by atoms with Crippen molar-refractivity contribution in [1.29, 1.82) is 0 Å². The molecule has 0 amide bonds. The minimum atomic E-state index is 0.179. The van der Waals surface area contributed by atoms with Gasteiger partial charge in [0.2, 0.25) is 0 Å². The van der Waals surface area contributed by atoms with Gasteiger partial charge in [0.05, 0.1) is 10.7 Å². The molecule has 4 heteroatoms. The second-order valence-corrected chi connectivity index (χ2v) is 7.23. The van der Waals surface area contributed by atoms with Gasteiger partial charge in [0, 0.05) is 28.2 Å². The molecular formula is C15H22ClIN2. The Labute approximate surface area is 135 Å². The number of halogens is 2. The summed E-state index contributed by atoms with van der Waals surface area (Å²) in [5.74, 6) is 0. The van der Waals surface area contributed by atoms with Crippen molar-refractivity contribution in [2.75, 3.05) is 18.0 Å². The van der Waals surface area contributed by atoms with Gasteiger partial charge in [-0.1, -0.05) is 25.4 Å². The number of nitrogens with one attached hydrogen (secondary N) is 1. The number of piperazine rings is 1. The van der Waals surface area contributed by atoms with Crippen molar-refractivity contribution in [2.24, 2.45) is 0 Å². The number of rotatable bonds is 3. The highest BCUT2D eigenvalue weighted by molar-refractivity contribution is 14.1. The minimum absolute atomic E-state index is 0.179. The summed E-state index contributed by atoms with van der Waals surface area (Å²) in [6, 6.07) is 6.88. The van der Waals surface area contributed by atoms with Crippen LogP contribution >= 0.6 is 34.2 Å². The second-order valence-electron chi connectivity index (χ2n) is 5.58. The third-order valence-corrected chi connectivity index (χ3v) is 5.17. The normalized spacial score (nSPS) is 27.6. The summed E-state index contributed by atoms with van der Waals surface area (Å²) in [6.45, 7) is 8.83. The second kappa shape index (κ2) is 6.19. The van der Waals surface area contributed by atoms with Crippen molar-refractivity contribution in [1.82, 2.24) is 5.32 Å². The fourth-order valence-corrected chi connectivity index (χ4v) is 3.60. The quantitative estimate of drug-likeness (QED) is 0.772. The van der Waals surface area contributed by atoms with E-state index >= 15 is 0 Å². The highest BCUT2D eigenvalue weighted by atomic mass is 127. The van der Waals surface area contributed by atoms with Crippen LogP contribution in [-0.4, -0.2) is 24.7 Å². The average Bonchev–Trinajstić information content (AvgIpc) is 2.39. The van der Waals surface area contributed by atoms with E-state index in [2.05, 4.69) is 71.8 Å². The van der Waals surface area contributed by atoms with Gasteiger partial charge < -0.3 is 10.2 Å². The van der Waals surface area contributed by atoms with Crippen LogP contribution in [0.4, 0.5) is 5.69 Å². The van der Waals surface area contributed by atoms with Crippen LogP contribution in [0.5, 0.6) is 0 Å². The summed E-state index contributed by atoms with van der Waals surface area (Å²) in [5, 5.41) is 4.56. The zero-order valence-corrected chi connectivity index (χ0v) is 14.8. The first-order chi connectivity index (χ1) is 8.99. The Morgan fingerprint density at radius 3 is 2.79 bits per heavy atom. The molecule has 1 aliphatic heterocycles. The van der Waals surface area contributed by atoms with Crippen LogP contribution in [0, 0.1) is 3.57 Å². The molecule has 2 unspecified atom stereocenters. The molecule has 1 aromatic carbocycles. The molecule has 1 N–H and O–H groups in total. The van der Waals surface area contributed by atoms with Crippen molar-refractivity contribution >= 4 is 39.9 Å². The van der Waals surface area contributed by atoms with E-state index in [0.717, 1.165) is 31.0 Å². The molecule has 1 fully saturated rings. The first kappa shape index (κ1) is 15.4. The molecule has 19 heavy (non-hydrogen) atoms. The lowest BCUT2D eigenvalue weighted by Crippen LogP contribution is -2.62. The summed E-state index contributed by atoms with van der Waals surface area (Å²) in [6.07, 6.45) is 2.26. The van der Waals surface area contributed by atoms with E-state index in [0.29, 0.717) is 6.04 Å². The molecule has 0 saturated carbocycles. The van der Waals surface area contributed by atoms with Gasteiger partial charge in [0.15, 0.2) is 0 Å². The predicted octanol–water partition coefficient (Wildman–Crippen LogP) is 4.30. The van der Waals surface area contributed by atoms with E-state index in [9.17, 15) is 0 Å². The molecule has 1 aromatic rings. The van der Waals surface area contributed by atoms with Crippen LogP contribution in [0.1, 0.15) is 33.6 Å². The molecular weight excluding hydrogens is 371 g/mol. The maximum absolute atomic E-state index is 6.45. The van der Waals surface area contributed by atoms with Crippen molar-refractivity contribution in [3.8, 4) is 0 Å². The fourth-order valence-electron chi connectivity index (χ4n) is 2.63. The first-order valence-corrected chi connectivity index (χ1v) is 8.41. The van der Waals surface area contributed by atoms with Gasteiger partial charge in [-0.15, -0.1) is 0 Å². The molecule has 0 bridgehead atoms. The van der Waals surface area contributed by atoms with Gasteiger partial charge in [-0.2, -0.15) is 0 Å². The number of hydrogen-bond acceptors (Lipinski definition) is 2. The zero-order valence-electron chi connectivity index (χ0n) is 11.8. The van der Waals surface area contributed by atoms with E-state index in [-0.39, 0.29) is 5.54 Å². The lowest BCUT2D eigenvalue weighted by molar-refractivity contribution is 0.276. The van der Waals surface area contributed by atoms with Crippen LogP contribution in [-0.2, 0) is 0 Å². The maximum atomic E-state index is 6.45. The van der Waals surface area contributed by atoms with Crippen LogP contribution < -0.4 is 10.2 Å². The summed E-state index contributed by atoms with van der Waals surface area (Å²) in [4.78, 5) is 2.48. The fraction of sp³-hybridized carbons (Fsp3) is 0.600. The molecule has 1 aliphatic rings. The molecule has 0 radical (unpaired) electrons. The Kier molecular flexibility index (Phi) is 5.01. The van der Waals surface area contributed by atoms with Gasteiger partial charge in [-0.3, -0.25) is 0 Å². The Bertz CT molecular complexity index is 452. The molecule has 1 heterocycles. The standard InChI is InChI=1S/C15H22ClIN2/c1-4-12-9-18-15(3,5-2)10-19(12)14-7-6-11(17)8-13(14)16/h6-8,12,18H,4-5,9-10H2,1-3H3. The minimum Gasteiger partial charge on any atom is -0.364 e. The molecule has 0 aromatic heterocycles. The number of anilines is 1. The van der Waals surface area contributed by atoms with Crippen LogP contribution in [0.3, 0.4) is 0 Å². The van der Waals surface area contributed by atoms with E-state index in [4.69, 9.17) is 11.6 Å². The number of nitrogens with zero attached hydrogens (tertiary/aromatic N) is 1. The monoisotopic (exact) mass is 392 g/mol. The molecule has 106 valence electrons. The Hall–Kier alpha value is -0.0000000000000000555. The van der Waals surface area contributed by atoms with E-state index in [1.165, 1.54) is 9.26 Å². The Morgan fingerprint density at radius 2 is 2.21 bits per heavy atom. The lowest BCUT2D eigenvalue weighted by atomic mass is 9.92. The highest BCUT2D eigenvalue weighted by Gasteiger charge is 2.34. The van der Waals surface area contributed by atoms with Gasteiger partial charge in [0.1, 0.15) is 0 Å². The molecule has 2 rings (SSSR count). The Balaban J connectivity index is 2.32. The van der Waals surface area contributed by atoms with Crippen LogP contribution in [0.25, 0.3) is 0 Å². The zero-order chi connectivity index (χ0) is 14.0. The third kappa shape index (κ3) is 3.37. The van der Waals surface area contributed by atoms with Gasteiger partial charge in [-0.05, 0) is 60.6 Å². The summed E-state index contributed by atoms with van der Waals surface area (Å²) in [7, 11) is 0. The lowest BCUT2D eigenvalue weighted by Gasteiger charge is -2.47. The predicted molar refractivity (Wildman–Crippen MR) is 92.3 cm³/mol. The van der Waals surface area contributed by atoms with E-state index in [1.807, 2.05) is 0 Å². The molecule has 2 nitrogen and oxygen atoms in total. The summed E-state index contributed by atoms with van der Waals surface area (Å²) >= 11 is 8.76. The van der Waals surface area contributed by atoms with Crippen molar-refractivity contribution in [2.45, 2.75) is 45.2 Å². The molecule has 1 saturated heterocycles. The van der Waals surface area contributed by atoms with Gasteiger partial charge in [-0.25, -0.2) is 0 Å². The Morgan fingerprint density at radius 1 is 1.47 bits per heavy atom. The van der Waals surface area contributed by atoms with Crippen molar-refractivity contribution in [3.63, 3.8) is 0 Å². The van der Waals surface area contributed by atoms with E-state index < -0.39 is 0 Å². The SMILES string of the molecule is CCC1CNC(C)(CC)CN1c1ccc(I)cc1Cl. The van der Waals surface area contributed by atoms with Gasteiger partial charge in [0.25, 0.3) is 0 Å². The smallest absolute Gasteiger partial charge is 0.0650 e. The van der Waals surface area contributed by atoms with Gasteiger partial charge >= 0.3 is 0 Å². The topological polar surface area (TPSA) is 15.3 Å². The molecule has 2 atom stereocenters. The van der Waals surface area contributed by atoms with Crippen molar-refractivity contribution in [3.05, 3.63) is 26.8 Å².